The highest BCUT2D eigenvalue weighted by atomic mass is 32.2. The van der Waals surface area contributed by atoms with Gasteiger partial charge in [-0.1, -0.05) is 20.8 Å². The molecule has 1 aliphatic heterocycles. The monoisotopic (exact) mass is 258 g/mol. The van der Waals surface area contributed by atoms with Crippen molar-refractivity contribution in [2.45, 2.75) is 51.8 Å². The molecule has 3 heteroatoms. The topological polar surface area (TPSA) is 15.3 Å². The van der Waals surface area contributed by atoms with Gasteiger partial charge in [0.2, 0.25) is 0 Å². The summed E-state index contributed by atoms with van der Waals surface area (Å²) in [6.07, 6.45) is 1.25. The largest absolute Gasteiger partial charge is 0.316 e. The highest BCUT2D eigenvalue weighted by Gasteiger charge is 2.28. The maximum atomic E-state index is 3.47. The Labute approximate surface area is 112 Å². The molecule has 1 aliphatic rings. The molecule has 1 atom stereocenters. The van der Waals surface area contributed by atoms with Crippen LogP contribution in [0.4, 0.5) is 0 Å². The second-order valence-electron chi connectivity index (χ2n) is 6.88. The summed E-state index contributed by atoms with van der Waals surface area (Å²) >= 11 is 2.11. The maximum Gasteiger partial charge on any atom is 0.0231 e. The van der Waals surface area contributed by atoms with Gasteiger partial charge in [-0.05, 0) is 39.3 Å². The molecule has 0 aromatic heterocycles. The molecule has 0 aliphatic carbocycles. The van der Waals surface area contributed by atoms with Gasteiger partial charge in [0, 0.05) is 29.6 Å². The van der Waals surface area contributed by atoms with Gasteiger partial charge >= 0.3 is 0 Å². The molecule has 0 radical (unpaired) electrons. The van der Waals surface area contributed by atoms with Gasteiger partial charge in [0.15, 0.2) is 0 Å². The third-order valence-corrected chi connectivity index (χ3v) is 4.93. The molecule has 17 heavy (non-hydrogen) atoms. The molecule has 1 saturated heterocycles. The van der Waals surface area contributed by atoms with Gasteiger partial charge in [-0.2, -0.15) is 11.8 Å². The molecule has 1 N–H and O–H groups in total. The number of rotatable bonds is 4. The van der Waals surface area contributed by atoms with Crippen LogP contribution in [0.5, 0.6) is 0 Å². The van der Waals surface area contributed by atoms with Gasteiger partial charge in [-0.15, -0.1) is 0 Å². The van der Waals surface area contributed by atoms with Crippen LogP contribution in [0, 0.1) is 5.41 Å². The second-order valence-corrected chi connectivity index (χ2v) is 8.68. The van der Waals surface area contributed by atoms with E-state index < -0.39 is 0 Å². The smallest absolute Gasteiger partial charge is 0.0231 e. The van der Waals surface area contributed by atoms with Crippen LogP contribution in [-0.4, -0.2) is 48.1 Å². The Balaban J connectivity index is 2.39. The predicted octanol–water partition coefficient (Wildman–Crippen LogP) is 2.84. The molecule has 102 valence electrons. The van der Waals surface area contributed by atoms with Crippen molar-refractivity contribution in [1.82, 2.24) is 10.2 Å². The lowest BCUT2D eigenvalue weighted by Crippen LogP contribution is -2.46. The molecule has 0 aromatic carbocycles. The minimum absolute atomic E-state index is 0.356. The van der Waals surface area contributed by atoms with Crippen molar-refractivity contribution in [3.63, 3.8) is 0 Å². The quantitative estimate of drug-likeness (QED) is 0.835. The predicted molar refractivity (Wildman–Crippen MR) is 79.9 cm³/mol. The Morgan fingerprint density at radius 3 is 2.47 bits per heavy atom. The Morgan fingerprint density at radius 1 is 1.35 bits per heavy atom. The average molecular weight is 258 g/mol. The van der Waals surface area contributed by atoms with Gasteiger partial charge < -0.3 is 10.2 Å². The van der Waals surface area contributed by atoms with E-state index in [1.54, 1.807) is 0 Å². The van der Waals surface area contributed by atoms with E-state index in [1.807, 2.05) is 0 Å². The SMILES string of the molecule is CNC(CCN1CCSC(C)(C)C1)C(C)(C)C. The van der Waals surface area contributed by atoms with Crippen LogP contribution in [0.25, 0.3) is 0 Å². The molecular weight excluding hydrogens is 228 g/mol. The van der Waals surface area contributed by atoms with Crippen LogP contribution in [-0.2, 0) is 0 Å². The van der Waals surface area contributed by atoms with Crippen LogP contribution in [0.1, 0.15) is 41.0 Å². The summed E-state index contributed by atoms with van der Waals surface area (Å²) in [4.78, 5) is 2.63. The fraction of sp³-hybridized carbons (Fsp3) is 1.00. The van der Waals surface area contributed by atoms with E-state index >= 15 is 0 Å². The number of nitrogens with zero attached hydrogens (tertiary/aromatic N) is 1. The molecule has 0 saturated carbocycles. The van der Waals surface area contributed by atoms with E-state index in [1.165, 1.54) is 31.8 Å². The van der Waals surface area contributed by atoms with E-state index in [0.29, 0.717) is 16.2 Å². The molecule has 1 rings (SSSR count). The van der Waals surface area contributed by atoms with Crippen LogP contribution < -0.4 is 5.32 Å². The van der Waals surface area contributed by atoms with Crippen LogP contribution >= 0.6 is 11.8 Å². The van der Waals surface area contributed by atoms with Crippen molar-refractivity contribution < 1.29 is 0 Å². The minimum atomic E-state index is 0.356. The lowest BCUT2D eigenvalue weighted by atomic mass is 9.85. The fourth-order valence-electron chi connectivity index (χ4n) is 2.63. The normalized spacial score (nSPS) is 23.6. The Bertz CT molecular complexity index is 233. The van der Waals surface area contributed by atoms with Crippen LogP contribution in [0.2, 0.25) is 0 Å². The molecule has 0 bridgehead atoms. The molecule has 1 unspecified atom stereocenters. The maximum absolute atomic E-state index is 3.47. The zero-order valence-electron chi connectivity index (χ0n) is 12.5. The highest BCUT2D eigenvalue weighted by molar-refractivity contribution is 8.00. The molecule has 1 heterocycles. The summed E-state index contributed by atoms with van der Waals surface area (Å²) in [6, 6.07) is 0.611. The lowest BCUT2D eigenvalue weighted by Gasteiger charge is -2.39. The summed E-state index contributed by atoms with van der Waals surface area (Å²) in [6.45, 7) is 15.4. The summed E-state index contributed by atoms with van der Waals surface area (Å²) in [7, 11) is 2.09. The molecule has 0 aromatic rings. The zero-order chi connectivity index (χ0) is 13.1. The van der Waals surface area contributed by atoms with E-state index in [9.17, 15) is 0 Å². The van der Waals surface area contributed by atoms with Crippen molar-refractivity contribution in [3.8, 4) is 0 Å². The third kappa shape index (κ3) is 5.19. The van der Waals surface area contributed by atoms with Crippen LogP contribution in [0.15, 0.2) is 0 Å². The summed E-state index contributed by atoms with van der Waals surface area (Å²) < 4.78 is 0.440. The third-order valence-electron chi connectivity index (χ3n) is 3.63. The van der Waals surface area contributed by atoms with Crippen LogP contribution in [0.3, 0.4) is 0 Å². The summed E-state index contributed by atoms with van der Waals surface area (Å²) in [5, 5.41) is 3.47. The zero-order valence-corrected chi connectivity index (χ0v) is 13.3. The van der Waals surface area contributed by atoms with Gasteiger partial charge in [0.05, 0.1) is 0 Å². The molecule has 2 nitrogen and oxygen atoms in total. The summed E-state index contributed by atoms with van der Waals surface area (Å²) in [5.74, 6) is 1.28. The molecule has 1 fully saturated rings. The van der Waals surface area contributed by atoms with Crippen molar-refractivity contribution in [2.75, 3.05) is 32.4 Å². The van der Waals surface area contributed by atoms with Gasteiger partial charge in [0.25, 0.3) is 0 Å². The number of thioether (sulfide) groups is 1. The van der Waals surface area contributed by atoms with E-state index in [2.05, 4.69) is 63.6 Å². The first-order chi connectivity index (χ1) is 7.74. The van der Waals surface area contributed by atoms with Crippen molar-refractivity contribution in [2.24, 2.45) is 5.41 Å². The first-order valence-electron chi connectivity index (χ1n) is 6.78. The molecular formula is C14H30N2S. The van der Waals surface area contributed by atoms with Gasteiger partial charge in [-0.3, -0.25) is 0 Å². The fourth-order valence-corrected chi connectivity index (χ4v) is 3.80. The Hall–Kier alpha value is 0.270. The standard InChI is InChI=1S/C14H30N2S/c1-13(2,3)12(15-6)7-8-16-9-10-17-14(4,5)11-16/h12,15H,7-11H2,1-6H3. The minimum Gasteiger partial charge on any atom is -0.316 e. The lowest BCUT2D eigenvalue weighted by molar-refractivity contribution is 0.205. The van der Waals surface area contributed by atoms with E-state index in [0.717, 1.165) is 0 Å². The van der Waals surface area contributed by atoms with Crippen molar-refractivity contribution >= 4 is 11.8 Å². The Morgan fingerprint density at radius 2 is 2.00 bits per heavy atom. The average Bonchev–Trinajstić information content (AvgIpc) is 2.15. The number of hydrogen-bond donors (Lipinski definition) is 1. The van der Waals surface area contributed by atoms with E-state index in [-0.39, 0.29) is 0 Å². The van der Waals surface area contributed by atoms with Gasteiger partial charge in [-0.25, -0.2) is 0 Å². The molecule has 0 amide bonds. The highest BCUT2D eigenvalue weighted by Crippen LogP contribution is 2.30. The van der Waals surface area contributed by atoms with Crippen molar-refractivity contribution in [3.05, 3.63) is 0 Å². The number of nitrogens with one attached hydrogen (secondary N) is 1. The molecule has 0 spiro atoms. The van der Waals surface area contributed by atoms with Gasteiger partial charge in [0.1, 0.15) is 0 Å². The first kappa shape index (κ1) is 15.3. The Kier molecular flexibility index (Phi) is 5.36. The van der Waals surface area contributed by atoms with E-state index in [4.69, 9.17) is 0 Å². The first-order valence-corrected chi connectivity index (χ1v) is 7.77. The second kappa shape index (κ2) is 5.94. The van der Waals surface area contributed by atoms with Crippen molar-refractivity contribution in [1.29, 1.82) is 0 Å². The summed E-state index contributed by atoms with van der Waals surface area (Å²) in [5.41, 5.74) is 0.356. The number of hydrogen-bond acceptors (Lipinski definition) is 3.